The number of halogens is 2. The van der Waals surface area contributed by atoms with Crippen molar-refractivity contribution in [1.29, 1.82) is 0 Å². The Morgan fingerprint density at radius 1 is 0.717 bits per heavy atom. The Kier molecular flexibility index (Phi) is 20.0. The molecule has 0 aliphatic heterocycles. The van der Waals surface area contributed by atoms with E-state index >= 15 is 0 Å². The van der Waals surface area contributed by atoms with Crippen molar-refractivity contribution >= 4 is 49.2 Å². The van der Waals surface area contributed by atoms with Gasteiger partial charge in [0.05, 0.1) is 0 Å². The van der Waals surface area contributed by atoms with Crippen LogP contribution < -0.4 is 9.47 Å². The van der Waals surface area contributed by atoms with E-state index in [-0.39, 0.29) is 0 Å². The summed E-state index contributed by atoms with van der Waals surface area (Å²) in [4.78, 5) is 22.2. The average Bonchev–Trinajstić information content (AvgIpc) is 3.10. The largest absolute Gasteiger partial charge is 0.423 e. The Bertz CT molecular complexity index is 1390. The predicted octanol–water partition coefficient (Wildman–Crippen LogP) is 11.5. The summed E-state index contributed by atoms with van der Waals surface area (Å²) >= 11 is 4.24. The predicted molar refractivity (Wildman–Crippen MR) is 208 cm³/mol. The van der Waals surface area contributed by atoms with Crippen LogP contribution >= 0.6 is 37.2 Å². The van der Waals surface area contributed by atoms with Crippen LogP contribution in [0.2, 0.25) is 0 Å². The number of unbranched alkanes of at least 4 members (excludes halogenated alkanes) is 2. The molecule has 1 fully saturated rings. The standard InChI is InChI=1S/C22H22O2.C18H24O2.I2/c1-3-5-6-7-18-8-10-19(11-9-18)12-13-20-14-16-21(17-15-20)24-22(23)4-2;1-3-5-14-6-8-15(9-7-14)16-10-12-17(13-11-16)20-18(19)4-2;1-2/h4,8-11,14-17H,2-3,5-7H2,1H3;4,10-15H,2-3,5-9H2,1H3;. The van der Waals surface area contributed by atoms with Crippen LogP contribution in [0.25, 0.3) is 0 Å². The molecule has 4 rings (SSSR count). The van der Waals surface area contributed by atoms with E-state index in [0.29, 0.717) is 17.4 Å². The minimum absolute atomic E-state index is 0.405. The number of esters is 2. The summed E-state index contributed by atoms with van der Waals surface area (Å²) in [6.45, 7) is 11.3. The summed E-state index contributed by atoms with van der Waals surface area (Å²) < 4.78 is 10.1. The van der Waals surface area contributed by atoms with E-state index in [2.05, 4.69) is 112 Å². The third kappa shape index (κ3) is 15.1. The summed E-state index contributed by atoms with van der Waals surface area (Å²) in [6.07, 6.45) is 15.2. The van der Waals surface area contributed by atoms with Crippen molar-refractivity contribution in [3.63, 3.8) is 0 Å². The highest BCUT2D eigenvalue weighted by Gasteiger charge is 2.21. The van der Waals surface area contributed by atoms with Crippen LogP contribution in [0, 0.1) is 17.8 Å². The van der Waals surface area contributed by atoms with Crippen LogP contribution in [0.4, 0.5) is 0 Å². The Morgan fingerprint density at radius 2 is 1.20 bits per heavy atom. The number of ether oxygens (including phenoxy) is 2. The van der Waals surface area contributed by atoms with Gasteiger partial charge in [0, 0.05) is 60.5 Å². The lowest BCUT2D eigenvalue weighted by Crippen LogP contribution is -2.13. The molecule has 46 heavy (non-hydrogen) atoms. The molecular formula is C40H46I2O4. The number of hydrogen-bond donors (Lipinski definition) is 0. The van der Waals surface area contributed by atoms with Crippen LogP contribution in [-0.2, 0) is 16.0 Å². The first kappa shape index (κ1) is 39.3. The quantitative estimate of drug-likeness (QED) is 0.0482. The van der Waals surface area contributed by atoms with Gasteiger partial charge in [-0.15, -0.1) is 0 Å². The lowest BCUT2D eigenvalue weighted by Gasteiger charge is -2.28. The molecule has 3 aromatic carbocycles. The van der Waals surface area contributed by atoms with Gasteiger partial charge in [0.25, 0.3) is 0 Å². The summed E-state index contributed by atoms with van der Waals surface area (Å²) in [5, 5.41) is 0. The van der Waals surface area contributed by atoms with Crippen LogP contribution in [0.5, 0.6) is 11.5 Å². The lowest BCUT2D eigenvalue weighted by molar-refractivity contribution is -0.129. The van der Waals surface area contributed by atoms with Crippen molar-refractivity contribution in [2.24, 2.45) is 5.92 Å². The minimum atomic E-state index is -0.465. The van der Waals surface area contributed by atoms with E-state index in [4.69, 9.17) is 9.47 Å². The van der Waals surface area contributed by atoms with Gasteiger partial charge in [-0.25, -0.2) is 9.59 Å². The molecule has 1 saturated carbocycles. The molecule has 0 atom stereocenters. The van der Waals surface area contributed by atoms with Gasteiger partial charge >= 0.3 is 11.9 Å². The summed E-state index contributed by atoms with van der Waals surface area (Å²) in [7, 11) is 0. The van der Waals surface area contributed by atoms with E-state index < -0.39 is 11.9 Å². The smallest absolute Gasteiger partial charge is 0.335 e. The highest BCUT2D eigenvalue weighted by Crippen LogP contribution is 2.37. The molecule has 1 aliphatic rings. The third-order valence-corrected chi connectivity index (χ3v) is 7.89. The van der Waals surface area contributed by atoms with Crippen molar-refractivity contribution in [1.82, 2.24) is 0 Å². The minimum Gasteiger partial charge on any atom is -0.423 e. The van der Waals surface area contributed by atoms with Crippen molar-refractivity contribution in [3.8, 4) is 23.3 Å². The maximum Gasteiger partial charge on any atom is 0.335 e. The van der Waals surface area contributed by atoms with Crippen molar-refractivity contribution in [3.05, 3.63) is 120 Å². The highest BCUT2D eigenvalue weighted by atomic mass is 128. The zero-order chi connectivity index (χ0) is 33.6. The Morgan fingerprint density at radius 3 is 1.65 bits per heavy atom. The first-order chi connectivity index (χ1) is 22.4. The molecule has 0 bridgehead atoms. The van der Waals surface area contributed by atoms with Gasteiger partial charge in [0.2, 0.25) is 0 Å². The zero-order valence-electron chi connectivity index (χ0n) is 27.1. The van der Waals surface area contributed by atoms with Crippen LogP contribution in [0.3, 0.4) is 0 Å². The molecule has 0 radical (unpaired) electrons. The molecular weight excluding hydrogens is 798 g/mol. The molecule has 1 aliphatic carbocycles. The molecule has 244 valence electrons. The Balaban J connectivity index is 0.000000308. The number of carbonyl (C=O) groups is 2. The Hall–Kier alpha value is -2.90. The number of aryl methyl sites for hydroxylation is 1. The average molecular weight is 845 g/mol. The summed E-state index contributed by atoms with van der Waals surface area (Å²) in [5.74, 6) is 8.09. The SMILES string of the molecule is C=CC(=O)Oc1ccc(C#Cc2ccc(CCCCC)cc2)cc1.C=CC(=O)Oc1ccc(C2CCC(CCC)CC2)cc1.II. The normalized spacial score (nSPS) is 14.9. The van der Waals surface area contributed by atoms with Gasteiger partial charge in [-0.1, -0.05) is 88.8 Å². The fraction of sp³-hybridized carbons (Fsp3) is 0.350. The van der Waals surface area contributed by atoms with Crippen molar-refractivity contribution in [2.45, 2.75) is 84.0 Å². The highest BCUT2D eigenvalue weighted by molar-refractivity contribution is 15.0. The second kappa shape index (κ2) is 23.4. The van der Waals surface area contributed by atoms with Gasteiger partial charge < -0.3 is 9.47 Å². The van der Waals surface area contributed by atoms with Crippen LogP contribution in [0.1, 0.15) is 99.8 Å². The fourth-order valence-electron chi connectivity index (χ4n) is 5.40. The number of carbonyl (C=O) groups excluding carboxylic acids is 2. The second-order valence-corrected chi connectivity index (χ2v) is 11.3. The fourth-order valence-corrected chi connectivity index (χ4v) is 5.40. The van der Waals surface area contributed by atoms with Gasteiger partial charge in [-0.2, -0.15) is 0 Å². The van der Waals surface area contributed by atoms with E-state index in [1.54, 1.807) is 12.1 Å². The van der Waals surface area contributed by atoms with Crippen molar-refractivity contribution in [2.75, 3.05) is 0 Å². The lowest BCUT2D eigenvalue weighted by atomic mass is 9.77. The molecule has 0 aromatic heterocycles. The first-order valence-electron chi connectivity index (χ1n) is 16.1. The molecule has 0 unspecified atom stereocenters. The van der Waals surface area contributed by atoms with Gasteiger partial charge in [0.1, 0.15) is 11.5 Å². The first-order valence-corrected chi connectivity index (χ1v) is 22.4. The number of rotatable bonds is 11. The molecule has 0 amide bonds. The zero-order valence-corrected chi connectivity index (χ0v) is 31.4. The van der Waals surface area contributed by atoms with E-state index in [1.165, 1.54) is 75.0 Å². The molecule has 0 N–H and O–H groups in total. The number of hydrogen-bond acceptors (Lipinski definition) is 4. The molecule has 0 saturated heterocycles. The second-order valence-electron chi connectivity index (χ2n) is 11.3. The van der Waals surface area contributed by atoms with E-state index in [1.807, 2.05) is 24.3 Å². The third-order valence-electron chi connectivity index (χ3n) is 7.89. The monoisotopic (exact) mass is 844 g/mol. The Labute approximate surface area is 299 Å². The molecule has 6 heteroatoms. The van der Waals surface area contributed by atoms with Gasteiger partial charge in [-0.05, 0) is 110 Å². The van der Waals surface area contributed by atoms with Gasteiger partial charge in [0.15, 0.2) is 0 Å². The maximum absolute atomic E-state index is 11.1. The molecule has 0 heterocycles. The van der Waals surface area contributed by atoms with Gasteiger partial charge in [-0.3, -0.25) is 0 Å². The molecule has 3 aromatic rings. The maximum atomic E-state index is 11.1. The topological polar surface area (TPSA) is 52.6 Å². The summed E-state index contributed by atoms with van der Waals surface area (Å²) in [5.41, 5.74) is 4.61. The van der Waals surface area contributed by atoms with Crippen LogP contribution in [-0.4, -0.2) is 11.9 Å². The molecule has 4 nitrogen and oxygen atoms in total. The number of benzene rings is 3. The summed E-state index contributed by atoms with van der Waals surface area (Å²) in [6, 6.07) is 23.5. The van der Waals surface area contributed by atoms with E-state index in [9.17, 15) is 9.59 Å². The van der Waals surface area contributed by atoms with E-state index in [0.717, 1.165) is 29.5 Å². The molecule has 0 spiro atoms. The van der Waals surface area contributed by atoms with Crippen molar-refractivity contribution < 1.29 is 19.1 Å². The van der Waals surface area contributed by atoms with Crippen LogP contribution in [0.15, 0.2) is 98.1 Å².